The van der Waals surface area contributed by atoms with Crippen LogP contribution in [0.25, 0.3) is 22.4 Å². The third-order valence-electron chi connectivity index (χ3n) is 3.58. The van der Waals surface area contributed by atoms with Crippen molar-refractivity contribution in [3.05, 3.63) is 42.2 Å². The molecule has 0 radical (unpaired) electrons. The van der Waals surface area contributed by atoms with E-state index in [1.54, 1.807) is 12.4 Å². The van der Waals surface area contributed by atoms with Crippen LogP contribution in [0.3, 0.4) is 0 Å². The lowest BCUT2D eigenvalue weighted by Crippen LogP contribution is -2.22. The molecule has 2 heterocycles. The molecule has 0 unspecified atom stereocenters. The molecular formula is C17H20N4. The summed E-state index contributed by atoms with van der Waals surface area (Å²) in [6.07, 6.45) is 3.60. The van der Waals surface area contributed by atoms with Crippen molar-refractivity contribution in [2.75, 3.05) is 5.73 Å². The van der Waals surface area contributed by atoms with Crippen molar-refractivity contribution >= 4 is 16.7 Å². The molecular weight excluding hydrogens is 260 g/mol. The van der Waals surface area contributed by atoms with Gasteiger partial charge in [-0.1, -0.05) is 11.6 Å². The highest BCUT2D eigenvalue weighted by Gasteiger charge is 2.23. The molecule has 2 aromatic heterocycles. The van der Waals surface area contributed by atoms with Crippen LogP contribution < -0.4 is 5.73 Å². The van der Waals surface area contributed by atoms with Gasteiger partial charge in [-0.3, -0.25) is 4.98 Å². The normalized spacial score (nSPS) is 12.0. The second kappa shape index (κ2) is 4.58. The van der Waals surface area contributed by atoms with E-state index in [1.807, 2.05) is 18.2 Å². The third kappa shape index (κ3) is 2.27. The lowest BCUT2D eigenvalue weighted by molar-refractivity contribution is 0.413. The standard InChI is InChI=1S/C17H20N4/c1-11-5-6-13(18)12(9-11)16-20-14-10-19-8-7-15(14)21(16)17(2,3)4/h5-10H,18H2,1-4H3. The SMILES string of the molecule is Cc1ccc(N)c(-c2nc3cnccc3n2C(C)(C)C)c1. The van der Waals surface area contributed by atoms with Gasteiger partial charge in [0.05, 0.1) is 11.7 Å². The summed E-state index contributed by atoms with van der Waals surface area (Å²) in [5.74, 6) is 0.895. The molecule has 2 N–H and O–H groups in total. The van der Waals surface area contributed by atoms with Crippen molar-refractivity contribution in [1.82, 2.24) is 14.5 Å². The number of rotatable bonds is 1. The zero-order chi connectivity index (χ0) is 15.2. The van der Waals surface area contributed by atoms with Crippen LogP contribution in [-0.2, 0) is 5.54 Å². The molecule has 4 heteroatoms. The quantitative estimate of drug-likeness (QED) is 0.691. The number of nitrogens with zero attached hydrogens (tertiary/aromatic N) is 3. The van der Waals surface area contributed by atoms with Crippen LogP contribution in [0.5, 0.6) is 0 Å². The lowest BCUT2D eigenvalue weighted by atomic mass is 10.0. The fourth-order valence-electron chi connectivity index (χ4n) is 2.66. The van der Waals surface area contributed by atoms with E-state index in [0.717, 1.165) is 28.1 Å². The summed E-state index contributed by atoms with van der Waals surface area (Å²) in [6, 6.07) is 8.05. The van der Waals surface area contributed by atoms with Gasteiger partial charge in [-0.25, -0.2) is 4.98 Å². The maximum Gasteiger partial charge on any atom is 0.143 e. The molecule has 4 nitrogen and oxygen atoms in total. The molecule has 0 spiro atoms. The number of aromatic nitrogens is 3. The first-order chi connectivity index (χ1) is 9.88. The molecule has 0 aliphatic carbocycles. The molecule has 0 saturated carbocycles. The van der Waals surface area contributed by atoms with Crippen molar-refractivity contribution in [1.29, 1.82) is 0 Å². The molecule has 1 aromatic carbocycles. The Hall–Kier alpha value is -2.36. The smallest absolute Gasteiger partial charge is 0.143 e. The summed E-state index contributed by atoms with van der Waals surface area (Å²) < 4.78 is 2.23. The fourth-order valence-corrected chi connectivity index (χ4v) is 2.66. The molecule has 21 heavy (non-hydrogen) atoms. The predicted octanol–water partition coefficient (Wildman–Crippen LogP) is 3.74. The molecule has 0 aliphatic rings. The van der Waals surface area contributed by atoms with E-state index >= 15 is 0 Å². The number of hydrogen-bond acceptors (Lipinski definition) is 3. The summed E-state index contributed by atoms with van der Waals surface area (Å²) >= 11 is 0. The minimum atomic E-state index is -0.0956. The van der Waals surface area contributed by atoms with Gasteiger partial charge in [0, 0.05) is 23.0 Å². The van der Waals surface area contributed by atoms with Crippen LogP contribution in [0.1, 0.15) is 26.3 Å². The summed E-state index contributed by atoms with van der Waals surface area (Å²) in [7, 11) is 0. The van der Waals surface area contributed by atoms with Gasteiger partial charge in [0.1, 0.15) is 11.3 Å². The Balaban J connectivity index is 2.39. The van der Waals surface area contributed by atoms with Crippen LogP contribution in [0.2, 0.25) is 0 Å². The molecule has 3 rings (SSSR count). The van der Waals surface area contributed by atoms with Crippen LogP contribution in [0.4, 0.5) is 5.69 Å². The second-order valence-corrected chi connectivity index (χ2v) is 6.40. The first kappa shape index (κ1) is 13.6. The third-order valence-corrected chi connectivity index (χ3v) is 3.58. The molecule has 0 bridgehead atoms. The summed E-state index contributed by atoms with van der Waals surface area (Å²) in [5.41, 5.74) is 10.9. The zero-order valence-corrected chi connectivity index (χ0v) is 12.9. The average molecular weight is 280 g/mol. The minimum Gasteiger partial charge on any atom is -0.398 e. The number of nitrogens with two attached hydrogens (primary N) is 1. The van der Waals surface area contributed by atoms with E-state index in [4.69, 9.17) is 10.7 Å². The number of benzene rings is 1. The maximum absolute atomic E-state index is 6.19. The lowest BCUT2D eigenvalue weighted by Gasteiger charge is -2.25. The molecule has 0 atom stereocenters. The van der Waals surface area contributed by atoms with Gasteiger partial charge in [-0.05, 0) is 45.9 Å². The van der Waals surface area contributed by atoms with Gasteiger partial charge in [0.2, 0.25) is 0 Å². The Labute approximate surface area is 124 Å². The van der Waals surface area contributed by atoms with Gasteiger partial charge >= 0.3 is 0 Å². The molecule has 108 valence electrons. The van der Waals surface area contributed by atoms with Crippen molar-refractivity contribution < 1.29 is 0 Å². The van der Waals surface area contributed by atoms with Crippen molar-refractivity contribution in [3.8, 4) is 11.4 Å². The number of hydrogen-bond donors (Lipinski definition) is 1. The Morgan fingerprint density at radius 3 is 2.62 bits per heavy atom. The summed E-state index contributed by atoms with van der Waals surface area (Å²) in [5, 5.41) is 0. The topological polar surface area (TPSA) is 56.7 Å². The predicted molar refractivity (Wildman–Crippen MR) is 87.1 cm³/mol. The number of pyridine rings is 1. The highest BCUT2D eigenvalue weighted by molar-refractivity contribution is 5.83. The number of nitrogen functional groups attached to an aromatic ring is 1. The minimum absolute atomic E-state index is 0.0956. The van der Waals surface area contributed by atoms with Crippen molar-refractivity contribution in [2.24, 2.45) is 0 Å². The van der Waals surface area contributed by atoms with E-state index in [9.17, 15) is 0 Å². The van der Waals surface area contributed by atoms with Crippen LogP contribution >= 0.6 is 0 Å². The van der Waals surface area contributed by atoms with Crippen LogP contribution in [0.15, 0.2) is 36.7 Å². The average Bonchev–Trinajstić information content (AvgIpc) is 2.80. The molecule has 0 fully saturated rings. The Bertz CT molecular complexity index is 809. The van der Waals surface area contributed by atoms with E-state index in [2.05, 4.69) is 43.3 Å². The fraction of sp³-hybridized carbons (Fsp3) is 0.294. The molecule has 0 saturated heterocycles. The van der Waals surface area contributed by atoms with E-state index in [1.165, 1.54) is 5.56 Å². The Morgan fingerprint density at radius 1 is 1.14 bits per heavy atom. The number of fused-ring (bicyclic) bond motifs is 1. The first-order valence-electron chi connectivity index (χ1n) is 7.07. The van der Waals surface area contributed by atoms with E-state index in [0.29, 0.717) is 0 Å². The Morgan fingerprint density at radius 2 is 1.90 bits per heavy atom. The van der Waals surface area contributed by atoms with Gasteiger partial charge in [-0.15, -0.1) is 0 Å². The van der Waals surface area contributed by atoms with Crippen molar-refractivity contribution in [2.45, 2.75) is 33.2 Å². The monoisotopic (exact) mass is 280 g/mol. The van der Waals surface area contributed by atoms with E-state index < -0.39 is 0 Å². The van der Waals surface area contributed by atoms with E-state index in [-0.39, 0.29) is 5.54 Å². The maximum atomic E-state index is 6.19. The number of anilines is 1. The summed E-state index contributed by atoms with van der Waals surface area (Å²) in [4.78, 5) is 8.95. The zero-order valence-electron chi connectivity index (χ0n) is 12.9. The highest BCUT2D eigenvalue weighted by atomic mass is 15.1. The molecule has 0 amide bonds. The van der Waals surface area contributed by atoms with Crippen LogP contribution in [-0.4, -0.2) is 14.5 Å². The van der Waals surface area contributed by atoms with Gasteiger partial charge in [-0.2, -0.15) is 0 Å². The number of aryl methyl sites for hydroxylation is 1. The van der Waals surface area contributed by atoms with Gasteiger partial charge in [0.25, 0.3) is 0 Å². The second-order valence-electron chi connectivity index (χ2n) is 6.40. The largest absolute Gasteiger partial charge is 0.398 e. The summed E-state index contributed by atoms with van der Waals surface area (Å²) in [6.45, 7) is 8.58. The van der Waals surface area contributed by atoms with Crippen LogP contribution in [0, 0.1) is 6.92 Å². The number of imidazole rings is 1. The molecule has 3 aromatic rings. The highest BCUT2D eigenvalue weighted by Crippen LogP contribution is 2.33. The first-order valence-corrected chi connectivity index (χ1v) is 7.07. The van der Waals surface area contributed by atoms with Gasteiger partial charge in [0.15, 0.2) is 0 Å². The van der Waals surface area contributed by atoms with Gasteiger partial charge < -0.3 is 10.3 Å². The Kier molecular flexibility index (Phi) is 2.97. The van der Waals surface area contributed by atoms with Crippen molar-refractivity contribution in [3.63, 3.8) is 0 Å². The molecule has 0 aliphatic heterocycles.